The molecule has 2 atom stereocenters. The van der Waals surface area contributed by atoms with Gasteiger partial charge in [-0.3, -0.25) is 4.98 Å². The van der Waals surface area contributed by atoms with Gasteiger partial charge in [0.1, 0.15) is 5.82 Å². The lowest BCUT2D eigenvalue weighted by Crippen LogP contribution is -2.30. The van der Waals surface area contributed by atoms with E-state index in [9.17, 15) is 4.39 Å². The van der Waals surface area contributed by atoms with Gasteiger partial charge < -0.3 is 14.8 Å². The predicted octanol–water partition coefficient (Wildman–Crippen LogP) is 5.70. The molecule has 0 amide bonds. The summed E-state index contributed by atoms with van der Waals surface area (Å²) in [6.07, 6.45) is 12.5. The van der Waals surface area contributed by atoms with Crippen LogP contribution in [0.4, 0.5) is 10.1 Å². The van der Waals surface area contributed by atoms with E-state index in [-0.39, 0.29) is 17.9 Å². The standard InChI is InChI=1S/C24H25FN4S/c25-19-10-4-5-12-21(19)29-23(22(27-24(29)30)20-11-6-7-14-26-20)17-13-15-28(16-17)18-8-2-1-3-9-18/h4-7,10-16,18,22-23H,1-3,8-9H2,(H,27,30)/t22-,23-/m1/s1. The summed E-state index contributed by atoms with van der Waals surface area (Å²) >= 11 is 5.68. The number of thiocarbonyl (C=S) groups is 1. The summed E-state index contributed by atoms with van der Waals surface area (Å²) in [5.74, 6) is -0.278. The highest BCUT2D eigenvalue weighted by Crippen LogP contribution is 2.42. The van der Waals surface area contributed by atoms with Gasteiger partial charge in [0.15, 0.2) is 5.11 Å². The number of anilines is 1. The summed E-state index contributed by atoms with van der Waals surface area (Å²) in [6.45, 7) is 0. The molecule has 154 valence electrons. The van der Waals surface area contributed by atoms with Crippen molar-refractivity contribution in [3.63, 3.8) is 0 Å². The van der Waals surface area contributed by atoms with E-state index in [1.165, 1.54) is 38.2 Å². The molecule has 3 aromatic rings. The van der Waals surface area contributed by atoms with Crippen molar-refractivity contribution < 1.29 is 4.39 Å². The van der Waals surface area contributed by atoms with E-state index in [0.29, 0.717) is 16.8 Å². The Hall–Kier alpha value is -2.73. The first-order valence-electron chi connectivity index (χ1n) is 10.6. The van der Waals surface area contributed by atoms with Crippen LogP contribution in [0, 0.1) is 5.82 Å². The lowest BCUT2D eigenvalue weighted by Gasteiger charge is -2.28. The van der Waals surface area contributed by atoms with Crippen LogP contribution in [-0.4, -0.2) is 14.7 Å². The lowest BCUT2D eigenvalue weighted by atomic mass is 9.95. The molecule has 6 heteroatoms. The van der Waals surface area contributed by atoms with Gasteiger partial charge in [0, 0.05) is 24.6 Å². The maximum absolute atomic E-state index is 14.8. The molecular weight excluding hydrogens is 395 g/mol. The molecule has 0 radical (unpaired) electrons. The third-order valence-corrected chi connectivity index (χ3v) is 6.60. The Labute approximate surface area is 181 Å². The Balaban J connectivity index is 1.57. The normalized spacial score (nSPS) is 22.3. The van der Waals surface area contributed by atoms with E-state index in [1.807, 2.05) is 29.2 Å². The number of benzene rings is 1. The van der Waals surface area contributed by atoms with E-state index >= 15 is 0 Å². The minimum atomic E-state index is -0.278. The Morgan fingerprint density at radius 3 is 2.57 bits per heavy atom. The molecule has 1 saturated carbocycles. The van der Waals surface area contributed by atoms with Crippen molar-refractivity contribution in [2.24, 2.45) is 0 Å². The summed E-state index contributed by atoms with van der Waals surface area (Å²) in [7, 11) is 0. The number of pyridine rings is 1. The Morgan fingerprint density at radius 2 is 1.80 bits per heavy atom. The van der Waals surface area contributed by atoms with Crippen LogP contribution >= 0.6 is 12.2 Å². The average Bonchev–Trinajstić information content (AvgIpc) is 3.40. The van der Waals surface area contributed by atoms with Crippen molar-refractivity contribution in [2.45, 2.75) is 50.2 Å². The van der Waals surface area contributed by atoms with Crippen LogP contribution in [-0.2, 0) is 0 Å². The highest BCUT2D eigenvalue weighted by Gasteiger charge is 2.42. The van der Waals surface area contributed by atoms with Crippen LogP contribution in [0.1, 0.15) is 61.5 Å². The minimum Gasteiger partial charge on any atom is -0.351 e. The lowest BCUT2D eigenvalue weighted by molar-refractivity contribution is 0.353. The van der Waals surface area contributed by atoms with Gasteiger partial charge in [0.2, 0.25) is 0 Å². The topological polar surface area (TPSA) is 33.1 Å². The van der Waals surface area contributed by atoms with Crippen LogP contribution in [0.2, 0.25) is 0 Å². The summed E-state index contributed by atoms with van der Waals surface area (Å²) in [5.41, 5.74) is 2.50. The SMILES string of the molecule is Fc1ccccc1N1C(=S)N[C@H](c2ccccn2)[C@H]1c1ccn(C2CCCCC2)c1. The fourth-order valence-corrected chi connectivity index (χ4v) is 5.15. The van der Waals surface area contributed by atoms with Crippen LogP contribution in [0.25, 0.3) is 0 Å². The molecule has 0 bridgehead atoms. The molecule has 1 saturated heterocycles. The Kier molecular flexibility index (Phi) is 5.25. The van der Waals surface area contributed by atoms with Gasteiger partial charge >= 0.3 is 0 Å². The fourth-order valence-electron chi connectivity index (χ4n) is 4.81. The van der Waals surface area contributed by atoms with E-state index in [0.717, 1.165) is 11.3 Å². The number of aromatic nitrogens is 2. The quantitative estimate of drug-likeness (QED) is 0.549. The summed E-state index contributed by atoms with van der Waals surface area (Å²) in [4.78, 5) is 6.48. The van der Waals surface area contributed by atoms with Gasteiger partial charge in [0.25, 0.3) is 0 Å². The van der Waals surface area contributed by atoms with Crippen molar-refractivity contribution >= 4 is 23.0 Å². The predicted molar refractivity (Wildman–Crippen MR) is 121 cm³/mol. The molecule has 1 aromatic carbocycles. The molecule has 1 aliphatic heterocycles. The number of halogens is 1. The number of rotatable bonds is 4. The largest absolute Gasteiger partial charge is 0.351 e. The first-order valence-corrected chi connectivity index (χ1v) is 11.1. The van der Waals surface area contributed by atoms with Crippen LogP contribution in [0.3, 0.4) is 0 Å². The molecule has 0 spiro atoms. The summed E-state index contributed by atoms with van der Waals surface area (Å²) in [5, 5.41) is 3.92. The Bertz CT molecular complexity index is 1030. The molecule has 2 fully saturated rings. The fraction of sp³-hybridized carbons (Fsp3) is 0.333. The summed E-state index contributed by atoms with van der Waals surface area (Å²) < 4.78 is 17.1. The van der Waals surface area contributed by atoms with Gasteiger partial charge in [0.05, 0.1) is 23.5 Å². The number of hydrogen-bond donors (Lipinski definition) is 1. The van der Waals surface area contributed by atoms with Gasteiger partial charge in [-0.05, 0) is 61.0 Å². The highest BCUT2D eigenvalue weighted by atomic mass is 32.1. The molecule has 4 nitrogen and oxygen atoms in total. The van der Waals surface area contributed by atoms with Crippen molar-refractivity contribution in [3.8, 4) is 0 Å². The highest BCUT2D eigenvalue weighted by molar-refractivity contribution is 7.80. The number of hydrogen-bond acceptors (Lipinski definition) is 2. The molecule has 2 aliphatic rings. The second-order valence-electron chi connectivity index (χ2n) is 8.13. The van der Waals surface area contributed by atoms with E-state index in [2.05, 4.69) is 33.3 Å². The average molecular weight is 421 g/mol. The maximum atomic E-state index is 14.8. The second-order valence-corrected chi connectivity index (χ2v) is 8.52. The van der Waals surface area contributed by atoms with Crippen molar-refractivity contribution in [1.29, 1.82) is 0 Å². The van der Waals surface area contributed by atoms with Gasteiger partial charge in [-0.25, -0.2) is 4.39 Å². The zero-order chi connectivity index (χ0) is 20.5. The van der Waals surface area contributed by atoms with Crippen LogP contribution in [0.5, 0.6) is 0 Å². The molecule has 0 unspecified atom stereocenters. The van der Waals surface area contributed by atoms with Gasteiger partial charge in [-0.2, -0.15) is 0 Å². The zero-order valence-corrected chi connectivity index (χ0v) is 17.6. The molecule has 1 aliphatic carbocycles. The monoisotopic (exact) mass is 420 g/mol. The smallest absolute Gasteiger partial charge is 0.174 e. The van der Waals surface area contributed by atoms with Crippen molar-refractivity contribution in [1.82, 2.24) is 14.9 Å². The molecule has 30 heavy (non-hydrogen) atoms. The maximum Gasteiger partial charge on any atom is 0.174 e. The van der Waals surface area contributed by atoms with E-state index in [4.69, 9.17) is 12.2 Å². The molecular formula is C24H25FN4S. The van der Waals surface area contributed by atoms with Crippen LogP contribution in [0.15, 0.2) is 67.1 Å². The zero-order valence-electron chi connectivity index (χ0n) is 16.7. The third kappa shape index (κ3) is 3.49. The number of para-hydroxylation sites is 1. The van der Waals surface area contributed by atoms with E-state index < -0.39 is 0 Å². The Morgan fingerprint density at radius 1 is 1.00 bits per heavy atom. The first-order chi connectivity index (χ1) is 14.7. The van der Waals surface area contributed by atoms with Crippen molar-refractivity contribution in [2.75, 3.05) is 4.90 Å². The molecule has 1 N–H and O–H groups in total. The minimum absolute atomic E-state index is 0.152. The van der Waals surface area contributed by atoms with Crippen LogP contribution < -0.4 is 10.2 Å². The molecule has 5 rings (SSSR count). The molecule has 3 heterocycles. The van der Waals surface area contributed by atoms with Gasteiger partial charge in [-0.1, -0.05) is 37.5 Å². The number of nitrogens with one attached hydrogen (secondary N) is 1. The third-order valence-electron chi connectivity index (χ3n) is 6.29. The number of nitrogens with zero attached hydrogens (tertiary/aromatic N) is 3. The van der Waals surface area contributed by atoms with Gasteiger partial charge in [-0.15, -0.1) is 0 Å². The second kappa shape index (κ2) is 8.19. The summed E-state index contributed by atoms with van der Waals surface area (Å²) in [6, 6.07) is 15.1. The molecule has 2 aromatic heterocycles. The van der Waals surface area contributed by atoms with E-state index in [1.54, 1.807) is 18.3 Å². The first kappa shape index (κ1) is 19.2. The van der Waals surface area contributed by atoms with Crippen molar-refractivity contribution in [3.05, 3.63) is 84.2 Å².